The van der Waals surface area contributed by atoms with Crippen molar-refractivity contribution in [1.82, 2.24) is 5.32 Å². The highest BCUT2D eigenvalue weighted by Gasteiger charge is 2.49. The van der Waals surface area contributed by atoms with Gasteiger partial charge in [0.05, 0.1) is 18.2 Å². The van der Waals surface area contributed by atoms with E-state index in [1.807, 2.05) is 12.1 Å². The van der Waals surface area contributed by atoms with Crippen molar-refractivity contribution >= 4 is 17.3 Å². The molecule has 2 saturated heterocycles. The first-order valence-electron chi connectivity index (χ1n) is 7.12. The number of nitrogens with one attached hydrogen (secondary N) is 1. The smallest absolute Gasteiger partial charge is 0.188 e. The molecular weight excluding hydrogens is 270 g/mol. The van der Waals surface area contributed by atoms with Gasteiger partial charge in [0, 0.05) is 5.69 Å². The van der Waals surface area contributed by atoms with E-state index in [2.05, 4.69) is 5.32 Å². The summed E-state index contributed by atoms with van der Waals surface area (Å²) in [7, 11) is 0. The summed E-state index contributed by atoms with van der Waals surface area (Å²) in [4.78, 5) is 24.5. The Morgan fingerprint density at radius 2 is 2.10 bits per heavy atom. The summed E-state index contributed by atoms with van der Waals surface area (Å²) in [5.74, 6) is -0.525. The lowest BCUT2D eigenvalue weighted by Gasteiger charge is -2.15. The monoisotopic (exact) mass is 289 g/mol. The predicted molar refractivity (Wildman–Crippen MR) is 77.6 cm³/mol. The second-order valence-corrected chi connectivity index (χ2v) is 5.63. The molecule has 4 atom stereocenters. The zero-order valence-corrected chi connectivity index (χ0v) is 11.6. The highest BCUT2D eigenvalue weighted by molar-refractivity contribution is 6.11. The third-order valence-corrected chi connectivity index (χ3v) is 4.10. The van der Waals surface area contributed by atoms with Crippen LogP contribution in [-0.4, -0.2) is 42.4 Å². The van der Waals surface area contributed by atoms with Crippen molar-refractivity contribution in [3.05, 3.63) is 29.8 Å². The van der Waals surface area contributed by atoms with Crippen LogP contribution in [0.3, 0.4) is 0 Å². The molecule has 112 valence electrons. The molecule has 1 aromatic rings. The summed E-state index contributed by atoms with van der Waals surface area (Å²) in [6.07, 6.45) is -0.0747. The quantitative estimate of drug-likeness (QED) is 0.505. The summed E-state index contributed by atoms with van der Waals surface area (Å²) in [6.45, 7) is 0.749. The third kappa shape index (κ3) is 2.70. The van der Waals surface area contributed by atoms with E-state index in [0.717, 1.165) is 18.5 Å². The highest BCUT2D eigenvalue weighted by atomic mass is 16.5. The van der Waals surface area contributed by atoms with Gasteiger partial charge in [0.15, 0.2) is 17.7 Å². The SMILES string of the molecule is Nc1ccc(CC(N)C(=O)C2OC3CCNC3C2=O)cc1. The number of ether oxygens (including phenoxy) is 1. The molecule has 1 aromatic carbocycles. The first-order chi connectivity index (χ1) is 10.1. The Labute approximate surface area is 122 Å². The number of Topliss-reactive ketones (excluding diaryl/α,β-unsaturated/α-hetero) is 2. The normalized spacial score (nSPS) is 29.4. The van der Waals surface area contributed by atoms with Crippen molar-refractivity contribution in [1.29, 1.82) is 0 Å². The van der Waals surface area contributed by atoms with Gasteiger partial charge >= 0.3 is 0 Å². The maximum atomic E-state index is 12.3. The fourth-order valence-electron chi connectivity index (χ4n) is 2.92. The summed E-state index contributed by atoms with van der Waals surface area (Å²) in [6, 6.07) is 6.09. The number of hydrogen-bond acceptors (Lipinski definition) is 6. The Bertz CT molecular complexity index is 558. The number of nitrogens with two attached hydrogens (primary N) is 2. The Morgan fingerprint density at radius 3 is 2.76 bits per heavy atom. The van der Waals surface area contributed by atoms with Crippen LogP contribution in [0.5, 0.6) is 0 Å². The maximum Gasteiger partial charge on any atom is 0.188 e. The van der Waals surface area contributed by atoms with E-state index in [4.69, 9.17) is 16.2 Å². The molecule has 0 bridgehead atoms. The molecular formula is C15H19N3O3. The van der Waals surface area contributed by atoms with Crippen LogP contribution < -0.4 is 16.8 Å². The summed E-state index contributed by atoms with van der Waals surface area (Å²) < 4.78 is 5.58. The topological polar surface area (TPSA) is 107 Å². The highest BCUT2D eigenvalue weighted by Crippen LogP contribution is 2.25. The number of hydrogen-bond donors (Lipinski definition) is 3. The van der Waals surface area contributed by atoms with Crippen LogP contribution in [0.25, 0.3) is 0 Å². The van der Waals surface area contributed by atoms with Crippen LogP contribution in [0.15, 0.2) is 24.3 Å². The summed E-state index contributed by atoms with van der Waals surface area (Å²) >= 11 is 0. The lowest BCUT2D eigenvalue weighted by molar-refractivity contribution is -0.138. The lowest BCUT2D eigenvalue weighted by Crippen LogP contribution is -2.45. The third-order valence-electron chi connectivity index (χ3n) is 4.10. The number of ketones is 2. The van der Waals surface area contributed by atoms with Gasteiger partial charge in [0.2, 0.25) is 0 Å². The maximum absolute atomic E-state index is 12.3. The molecule has 2 fully saturated rings. The van der Waals surface area contributed by atoms with Gasteiger partial charge in [-0.3, -0.25) is 9.59 Å². The zero-order chi connectivity index (χ0) is 15.0. The number of rotatable bonds is 4. The lowest BCUT2D eigenvalue weighted by atomic mass is 9.97. The van der Waals surface area contributed by atoms with Gasteiger partial charge in [-0.15, -0.1) is 0 Å². The number of carbonyl (C=O) groups is 2. The Hall–Kier alpha value is -1.76. The number of carbonyl (C=O) groups excluding carboxylic acids is 2. The summed E-state index contributed by atoms with van der Waals surface area (Å²) in [5.41, 5.74) is 13.1. The van der Waals surface area contributed by atoms with Crippen molar-refractivity contribution in [3.63, 3.8) is 0 Å². The van der Waals surface area contributed by atoms with Crippen molar-refractivity contribution < 1.29 is 14.3 Å². The van der Waals surface area contributed by atoms with E-state index in [9.17, 15) is 9.59 Å². The molecule has 2 aliphatic heterocycles. The van der Waals surface area contributed by atoms with Crippen LogP contribution in [0.4, 0.5) is 5.69 Å². The minimum atomic E-state index is -1.02. The molecule has 0 spiro atoms. The molecule has 0 saturated carbocycles. The molecule has 0 amide bonds. The van der Waals surface area contributed by atoms with Gasteiger partial charge in [-0.25, -0.2) is 0 Å². The number of fused-ring (bicyclic) bond motifs is 1. The molecule has 6 heteroatoms. The van der Waals surface area contributed by atoms with E-state index in [0.29, 0.717) is 12.1 Å². The van der Waals surface area contributed by atoms with Crippen molar-refractivity contribution in [2.75, 3.05) is 12.3 Å². The second-order valence-electron chi connectivity index (χ2n) is 5.63. The number of nitrogen functional groups attached to an aromatic ring is 1. The molecule has 6 nitrogen and oxygen atoms in total. The Balaban J connectivity index is 1.65. The van der Waals surface area contributed by atoms with Crippen LogP contribution in [-0.2, 0) is 20.7 Å². The van der Waals surface area contributed by atoms with E-state index < -0.39 is 12.1 Å². The van der Waals surface area contributed by atoms with E-state index >= 15 is 0 Å². The molecule has 0 radical (unpaired) electrons. The molecule has 0 aromatic heterocycles. The van der Waals surface area contributed by atoms with Crippen molar-refractivity contribution in [3.8, 4) is 0 Å². The van der Waals surface area contributed by atoms with Gasteiger partial charge in [-0.05, 0) is 37.1 Å². The fourth-order valence-corrected chi connectivity index (χ4v) is 2.92. The van der Waals surface area contributed by atoms with Crippen molar-refractivity contribution in [2.24, 2.45) is 5.73 Å². The molecule has 0 aliphatic carbocycles. The van der Waals surface area contributed by atoms with E-state index in [-0.39, 0.29) is 23.7 Å². The molecule has 5 N–H and O–H groups in total. The van der Waals surface area contributed by atoms with E-state index in [1.165, 1.54) is 0 Å². The molecule has 4 unspecified atom stereocenters. The van der Waals surface area contributed by atoms with E-state index in [1.54, 1.807) is 12.1 Å². The Kier molecular flexibility index (Phi) is 3.75. The minimum Gasteiger partial charge on any atom is -0.399 e. The van der Waals surface area contributed by atoms with Crippen molar-refractivity contribution in [2.45, 2.75) is 37.1 Å². The zero-order valence-electron chi connectivity index (χ0n) is 11.6. The Morgan fingerprint density at radius 1 is 1.38 bits per heavy atom. The predicted octanol–water partition coefficient (Wildman–Crippen LogP) is -0.594. The fraction of sp³-hybridized carbons (Fsp3) is 0.467. The summed E-state index contributed by atoms with van der Waals surface area (Å²) in [5, 5.41) is 3.07. The van der Waals surface area contributed by atoms with Crippen LogP contribution >= 0.6 is 0 Å². The molecule has 3 rings (SSSR count). The standard InChI is InChI=1S/C15H19N3O3/c16-9-3-1-8(2-4-9)7-10(17)13(19)15-14(20)12-11(21-15)5-6-18-12/h1-4,10-12,15,18H,5-7,16-17H2. The van der Waals surface area contributed by atoms with Crippen LogP contribution in [0.2, 0.25) is 0 Å². The number of benzene rings is 1. The minimum absolute atomic E-state index is 0.185. The van der Waals surface area contributed by atoms with Gasteiger partial charge in [-0.1, -0.05) is 12.1 Å². The molecule has 2 aliphatic rings. The molecule has 21 heavy (non-hydrogen) atoms. The van der Waals surface area contributed by atoms with Crippen LogP contribution in [0, 0.1) is 0 Å². The molecule has 2 heterocycles. The first-order valence-corrected chi connectivity index (χ1v) is 7.12. The largest absolute Gasteiger partial charge is 0.399 e. The average Bonchev–Trinajstić information content (AvgIpc) is 3.04. The van der Waals surface area contributed by atoms with Gasteiger partial charge in [-0.2, -0.15) is 0 Å². The van der Waals surface area contributed by atoms with Gasteiger partial charge < -0.3 is 21.5 Å². The number of anilines is 1. The first kappa shape index (κ1) is 14.2. The average molecular weight is 289 g/mol. The second kappa shape index (κ2) is 5.55. The van der Waals surface area contributed by atoms with Gasteiger partial charge in [0.25, 0.3) is 0 Å². The van der Waals surface area contributed by atoms with Gasteiger partial charge in [0.1, 0.15) is 0 Å². The van der Waals surface area contributed by atoms with Crippen LogP contribution in [0.1, 0.15) is 12.0 Å².